The molecule has 0 N–H and O–H groups in total. The lowest BCUT2D eigenvalue weighted by Gasteiger charge is -2.46. The molecule has 2 aromatic carbocycles. The number of piperidine rings is 1. The van der Waals surface area contributed by atoms with Gasteiger partial charge in [-0.3, -0.25) is 14.5 Å². The van der Waals surface area contributed by atoms with Gasteiger partial charge in [-0.05, 0) is 42.5 Å². The van der Waals surface area contributed by atoms with Gasteiger partial charge in [-0.1, -0.05) is 59.3 Å². The Morgan fingerprint density at radius 3 is 2.80 bits per heavy atom. The third kappa shape index (κ3) is 4.50. The van der Waals surface area contributed by atoms with Crippen molar-refractivity contribution in [1.82, 2.24) is 9.47 Å². The maximum Gasteiger partial charge on any atom is 0.310 e. The van der Waals surface area contributed by atoms with Crippen LogP contribution in [0.4, 0.5) is 0 Å². The SMILES string of the molecule is C=CCN1CC(C(=O)OCC(=O)c2ccccc2Br)C[C@@H]2c3cccc4c3c(cn4CCC)C[C@H]21. The minimum Gasteiger partial charge on any atom is -0.457 e. The molecule has 1 unspecified atom stereocenters. The first-order chi connectivity index (χ1) is 17.0. The summed E-state index contributed by atoms with van der Waals surface area (Å²) in [6.45, 7) is 8.28. The molecule has 1 fully saturated rings. The second-order valence-electron chi connectivity index (χ2n) is 9.65. The fourth-order valence-corrected chi connectivity index (χ4v) is 6.47. The van der Waals surface area contributed by atoms with Crippen LogP contribution in [-0.2, 0) is 22.5 Å². The van der Waals surface area contributed by atoms with Crippen molar-refractivity contribution in [3.05, 3.63) is 82.5 Å². The first-order valence-electron chi connectivity index (χ1n) is 12.4. The van der Waals surface area contributed by atoms with Crippen molar-refractivity contribution in [3.8, 4) is 0 Å². The van der Waals surface area contributed by atoms with Gasteiger partial charge in [-0.2, -0.15) is 0 Å². The van der Waals surface area contributed by atoms with E-state index in [0.717, 1.165) is 32.4 Å². The summed E-state index contributed by atoms with van der Waals surface area (Å²) in [5, 5.41) is 1.36. The third-order valence-corrected chi connectivity index (χ3v) is 8.14. The summed E-state index contributed by atoms with van der Waals surface area (Å²) in [5.74, 6) is -0.530. The number of hydrogen-bond acceptors (Lipinski definition) is 4. The van der Waals surface area contributed by atoms with Gasteiger partial charge >= 0.3 is 5.97 Å². The van der Waals surface area contributed by atoms with Gasteiger partial charge in [0.15, 0.2) is 6.61 Å². The highest BCUT2D eigenvalue weighted by Crippen LogP contribution is 2.45. The predicted molar refractivity (Wildman–Crippen MR) is 142 cm³/mol. The van der Waals surface area contributed by atoms with Crippen molar-refractivity contribution in [2.75, 3.05) is 19.7 Å². The largest absolute Gasteiger partial charge is 0.457 e. The molecule has 1 aliphatic carbocycles. The Labute approximate surface area is 214 Å². The number of Topliss-reactive ketones (excluding diaryl/α,β-unsaturated/α-hetero) is 1. The highest BCUT2D eigenvalue weighted by molar-refractivity contribution is 9.10. The number of likely N-dealkylation sites (tertiary alicyclic amines) is 1. The van der Waals surface area contributed by atoms with Crippen LogP contribution in [0.15, 0.2) is 65.8 Å². The standard InChI is InChI=1S/C29H31BrN2O3/c1-3-12-31-16-19-15-26-23(21-9-7-11-25(31)28(19)21)14-20(17-32(26)13-4-2)29(34)35-18-27(33)22-8-5-6-10-24(22)30/h4-11,16,20,23,26H,2-3,12-15,17-18H2,1H3/t20?,23-,26-/m1/s1. The molecule has 5 rings (SSSR count). The van der Waals surface area contributed by atoms with Crippen LogP contribution in [-0.4, -0.2) is 47.0 Å². The second kappa shape index (κ2) is 10.1. The summed E-state index contributed by atoms with van der Waals surface area (Å²) < 4.78 is 8.66. The summed E-state index contributed by atoms with van der Waals surface area (Å²) in [5.41, 5.74) is 4.55. The maximum atomic E-state index is 13.2. The predicted octanol–water partition coefficient (Wildman–Crippen LogP) is 5.76. The molecule has 3 aromatic rings. The zero-order valence-corrected chi connectivity index (χ0v) is 21.7. The molecular weight excluding hydrogens is 504 g/mol. The number of esters is 1. The Bertz CT molecular complexity index is 1280. The Hall–Kier alpha value is -2.70. The fourth-order valence-electron chi connectivity index (χ4n) is 5.97. The van der Waals surface area contributed by atoms with Crippen LogP contribution in [0.2, 0.25) is 0 Å². The Morgan fingerprint density at radius 1 is 1.20 bits per heavy atom. The molecule has 6 heteroatoms. The molecule has 0 saturated carbocycles. The zero-order valence-electron chi connectivity index (χ0n) is 20.1. The summed E-state index contributed by atoms with van der Waals surface area (Å²) >= 11 is 3.40. The van der Waals surface area contributed by atoms with Gasteiger partial charge in [-0.25, -0.2) is 0 Å². The van der Waals surface area contributed by atoms with E-state index in [0.29, 0.717) is 22.6 Å². The minimum atomic E-state index is -0.292. The van der Waals surface area contributed by atoms with E-state index in [1.165, 1.54) is 22.0 Å². The normalized spacial score (nSPS) is 21.5. The van der Waals surface area contributed by atoms with Crippen LogP contribution in [0.1, 0.15) is 47.2 Å². The number of ketones is 1. The molecule has 1 aliphatic heterocycles. The van der Waals surface area contributed by atoms with Crippen molar-refractivity contribution < 1.29 is 14.3 Å². The first-order valence-corrected chi connectivity index (χ1v) is 13.2. The maximum absolute atomic E-state index is 13.2. The molecule has 2 aliphatic rings. The molecule has 1 aromatic heterocycles. The van der Waals surface area contributed by atoms with E-state index < -0.39 is 0 Å². The Morgan fingerprint density at radius 2 is 2.03 bits per heavy atom. The number of aromatic nitrogens is 1. The van der Waals surface area contributed by atoms with E-state index in [1.54, 1.807) is 12.1 Å². The lowest BCUT2D eigenvalue weighted by Crippen LogP contribution is -2.51. The topological polar surface area (TPSA) is 51.5 Å². The molecule has 0 amide bonds. The molecule has 182 valence electrons. The number of fused-ring (bicyclic) bond motifs is 2. The Balaban J connectivity index is 1.38. The number of carbonyl (C=O) groups excluding carboxylic acids is 2. The molecule has 0 bridgehead atoms. The number of hydrogen-bond donors (Lipinski definition) is 0. The molecular formula is C29H31BrN2O3. The van der Waals surface area contributed by atoms with Gasteiger partial charge in [0.05, 0.1) is 5.92 Å². The van der Waals surface area contributed by atoms with Crippen LogP contribution >= 0.6 is 15.9 Å². The molecule has 0 radical (unpaired) electrons. The molecule has 1 saturated heterocycles. The molecule has 5 nitrogen and oxygen atoms in total. The number of nitrogens with zero attached hydrogens (tertiary/aromatic N) is 2. The number of benzene rings is 2. The fraction of sp³-hybridized carbons (Fsp3) is 0.379. The Kier molecular flexibility index (Phi) is 6.94. The van der Waals surface area contributed by atoms with Crippen LogP contribution < -0.4 is 0 Å². The first kappa shape index (κ1) is 24.0. The van der Waals surface area contributed by atoms with Crippen molar-refractivity contribution in [1.29, 1.82) is 0 Å². The monoisotopic (exact) mass is 534 g/mol. The molecule has 35 heavy (non-hydrogen) atoms. The summed E-state index contributed by atoms with van der Waals surface area (Å²) in [7, 11) is 0. The molecule has 3 atom stereocenters. The van der Waals surface area contributed by atoms with Gasteiger partial charge in [0.1, 0.15) is 0 Å². The van der Waals surface area contributed by atoms with E-state index >= 15 is 0 Å². The van der Waals surface area contributed by atoms with Crippen LogP contribution in [0.3, 0.4) is 0 Å². The molecule has 0 spiro atoms. The van der Waals surface area contributed by atoms with Gasteiger partial charge < -0.3 is 9.30 Å². The number of aryl methyl sites for hydroxylation is 1. The summed E-state index contributed by atoms with van der Waals surface area (Å²) in [6.07, 6.45) is 7.05. The van der Waals surface area contributed by atoms with Gasteiger partial charge in [0.25, 0.3) is 0 Å². The van der Waals surface area contributed by atoms with Crippen LogP contribution in [0.5, 0.6) is 0 Å². The smallest absolute Gasteiger partial charge is 0.310 e. The lowest BCUT2D eigenvalue weighted by atomic mass is 9.72. The highest BCUT2D eigenvalue weighted by atomic mass is 79.9. The number of carbonyl (C=O) groups is 2. The van der Waals surface area contributed by atoms with E-state index in [2.05, 4.69) is 63.3 Å². The van der Waals surface area contributed by atoms with Gasteiger partial charge in [0, 0.05) is 58.7 Å². The number of halogens is 1. The summed E-state index contributed by atoms with van der Waals surface area (Å²) in [4.78, 5) is 28.2. The third-order valence-electron chi connectivity index (χ3n) is 7.45. The van der Waals surface area contributed by atoms with Gasteiger partial charge in [0.2, 0.25) is 5.78 Å². The molecule has 2 heterocycles. The number of ether oxygens (including phenoxy) is 1. The minimum absolute atomic E-state index is 0.202. The van der Waals surface area contributed by atoms with E-state index in [-0.39, 0.29) is 30.2 Å². The van der Waals surface area contributed by atoms with E-state index in [1.807, 2.05) is 18.2 Å². The van der Waals surface area contributed by atoms with Crippen molar-refractivity contribution in [2.24, 2.45) is 5.92 Å². The van der Waals surface area contributed by atoms with Crippen LogP contribution in [0, 0.1) is 5.92 Å². The average molecular weight is 535 g/mol. The quantitative estimate of drug-likeness (QED) is 0.209. The van der Waals surface area contributed by atoms with Crippen molar-refractivity contribution in [2.45, 2.75) is 44.7 Å². The van der Waals surface area contributed by atoms with Crippen molar-refractivity contribution >= 4 is 38.6 Å². The van der Waals surface area contributed by atoms with Gasteiger partial charge in [-0.15, -0.1) is 6.58 Å². The van der Waals surface area contributed by atoms with E-state index in [4.69, 9.17) is 4.74 Å². The van der Waals surface area contributed by atoms with Crippen molar-refractivity contribution in [3.63, 3.8) is 0 Å². The highest BCUT2D eigenvalue weighted by Gasteiger charge is 2.43. The zero-order chi connectivity index (χ0) is 24.5. The average Bonchev–Trinajstić information content (AvgIpc) is 3.21. The number of rotatable bonds is 8. The lowest BCUT2D eigenvalue weighted by molar-refractivity contribution is -0.150. The van der Waals surface area contributed by atoms with Crippen LogP contribution in [0.25, 0.3) is 10.9 Å². The van der Waals surface area contributed by atoms with E-state index in [9.17, 15) is 9.59 Å². The second-order valence-corrected chi connectivity index (χ2v) is 10.5. The summed E-state index contributed by atoms with van der Waals surface area (Å²) in [6, 6.07) is 14.1.